The van der Waals surface area contributed by atoms with Crippen molar-refractivity contribution in [2.24, 2.45) is 0 Å². The first-order valence-corrected chi connectivity index (χ1v) is 8.61. The van der Waals surface area contributed by atoms with Crippen molar-refractivity contribution in [1.29, 1.82) is 0 Å². The maximum atomic E-state index is 12.5. The van der Waals surface area contributed by atoms with Gasteiger partial charge in [-0.25, -0.2) is 0 Å². The third kappa shape index (κ3) is 4.91. The van der Waals surface area contributed by atoms with Crippen molar-refractivity contribution < 1.29 is 19.0 Å². The molecule has 0 aromatic heterocycles. The lowest BCUT2D eigenvalue weighted by Gasteiger charge is -2.21. The van der Waals surface area contributed by atoms with Crippen molar-refractivity contribution in [2.75, 3.05) is 14.2 Å². The van der Waals surface area contributed by atoms with Gasteiger partial charge in [-0.05, 0) is 69.2 Å². The summed E-state index contributed by atoms with van der Waals surface area (Å²) in [5, 5.41) is 2.97. The number of amides is 1. The van der Waals surface area contributed by atoms with E-state index in [2.05, 4.69) is 11.4 Å². The average Bonchev–Trinajstić information content (AvgIpc) is 2.59. The topological polar surface area (TPSA) is 56.8 Å². The minimum Gasteiger partial charge on any atom is -0.497 e. The Morgan fingerprint density at radius 3 is 2.15 bits per heavy atom. The van der Waals surface area contributed by atoms with Gasteiger partial charge in [0.2, 0.25) is 0 Å². The largest absolute Gasteiger partial charge is 0.497 e. The molecule has 2 rings (SSSR count). The van der Waals surface area contributed by atoms with Gasteiger partial charge in [-0.1, -0.05) is 6.07 Å². The van der Waals surface area contributed by atoms with Crippen LogP contribution in [0.3, 0.4) is 0 Å². The number of ether oxygens (including phenoxy) is 3. The first-order chi connectivity index (χ1) is 12.3. The second-order valence-corrected chi connectivity index (χ2v) is 6.42. The van der Waals surface area contributed by atoms with E-state index in [1.165, 1.54) is 0 Å². The molecule has 26 heavy (non-hydrogen) atoms. The number of hydrogen-bond donors (Lipinski definition) is 1. The van der Waals surface area contributed by atoms with Gasteiger partial charge in [0.1, 0.15) is 17.2 Å². The Bertz CT molecular complexity index is 752. The van der Waals surface area contributed by atoms with E-state index < -0.39 is 6.10 Å². The molecule has 0 fully saturated rings. The van der Waals surface area contributed by atoms with Gasteiger partial charge in [-0.3, -0.25) is 4.79 Å². The molecular weight excluding hydrogens is 330 g/mol. The highest BCUT2D eigenvalue weighted by molar-refractivity contribution is 5.81. The van der Waals surface area contributed by atoms with Crippen LogP contribution >= 0.6 is 0 Å². The zero-order valence-electron chi connectivity index (χ0n) is 16.3. The van der Waals surface area contributed by atoms with Crippen molar-refractivity contribution in [3.05, 3.63) is 53.1 Å². The van der Waals surface area contributed by atoms with Crippen LogP contribution in [0.4, 0.5) is 0 Å². The fraction of sp³-hybridized carbons (Fsp3) is 0.381. The van der Waals surface area contributed by atoms with Gasteiger partial charge in [-0.2, -0.15) is 0 Å². The number of carbonyl (C=O) groups is 1. The minimum absolute atomic E-state index is 0.193. The maximum Gasteiger partial charge on any atom is 0.261 e. The number of benzene rings is 2. The van der Waals surface area contributed by atoms with Crippen LogP contribution in [-0.4, -0.2) is 26.2 Å². The van der Waals surface area contributed by atoms with Gasteiger partial charge < -0.3 is 19.5 Å². The van der Waals surface area contributed by atoms with Crippen LogP contribution in [0, 0.1) is 13.8 Å². The Kier molecular flexibility index (Phi) is 6.50. The van der Waals surface area contributed by atoms with E-state index in [0.29, 0.717) is 17.2 Å². The smallest absolute Gasteiger partial charge is 0.261 e. The number of carbonyl (C=O) groups excluding carboxylic acids is 1. The highest BCUT2D eigenvalue weighted by atomic mass is 16.5. The van der Waals surface area contributed by atoms with Crippen LogP contribution in [0.5, 0.6) is 17.2 Å². The first kappa shape index (κ1) is 19.6. The number of nitrogens with one attached hydrogen (secondary N) is 1. The zero-order valence-corrected chi connectivity index (χ0v) is 16.3. The Morgan fingerprint density at radius 1 is 0.923 bits per heavy atom. The first-order valence-electron chi connectivity index (χ1n) is 8.61. The van der Waals surface area contributed by atoms with Gasteiger partial charge in [0.05, 0.1) is 20.3 Å². The monoisotopic (exact) mass is 357 g/mol. The van der Waals surface area contributed by atoms with Crippen molar-refractivity contribution in [1.82, 2.24) is 5.32 Å². The molecule has 2 aromatic rings. The summed E-state index contributed by atoms with van der Waals surface area (Å²) in [5.41, 5.74) is 3.04. The SMILES string of the molecule is COc1ccc(OC)c([C@@H](C)NC(=O)[C@H](C)Oc2cc(C)cc(C)c2)c1. The van der Waals surface area contributed by atoms with E-state index in [0.717, 1.165) is 16.7 Å². The molecule has 0 heterocycles. The lowest BCUT2D eigenvalue weighted by Crippen LogP contribution is -2.37. The van der Waals surface area contributed by atoms with Crippen LogP contribution in [0.25, 0.3) is 0 Å². The molecule has 0 unspecified atom stereocenters. The van der Waals surface area contributed by atoms with Gasteiger partial charge >= 0.3 is 0 Å². The zero-order chi connectivity index (χ0) is 19.3. The molecule has 0 spiro atoms. The second-order valence-electron chi connectivity index (χ2n) is 6.42. The second kappa shape index (κ2) is 8.61. The molecule has 5 heteroatoms. The summed E-state index contributed by atoms with van der Waals surface area (Å²) >= 11 is 0. The molecule has 2 atom stereocenters. The predicted octanol–water partition coefficient (Wildman–Crippen LogP) is 3.97. The lowest BCUT2D eigenvalue weighted by atomic mass is 10.1. The third-order valence-electron chi connectivity index (χ3n) is 4.14. The fourth-order valence-electron chi connectivity index (χ4n) is 2.84. The normalized spacial score (nSPS) is 12.8. The number of methoxy groups -OCH3 is 2. The highest BCUT2D eigenvalue weighted by Crippen LogP contribution is 2.29. The molecule has 0 saturated carbocycles. The number of hydrogen-bond acceptors (Lipinski definition) is 4. The molecule has 0 aliphatic heterocycles. The quantitative estimate of drug-likeness (QED) is 0.815. The molecule has 0 radical (unpaired) electrons. The van der Waals surface area contributed by atoms with Gasteiger partial charge in [-0.15, -0.1) is 0 Å². The summed E-state index contributed by atoms with van der Waals surface area (Å²) < 4.78 is 16.5. The molecule has 2 aromatic carbocycles. The number of aryl methyl sites for hydroxylation is 2. The average molecular weight is 357 g/mol. The van der Waals surface area contributed by atoms with Crippen molar-refractivity contribution in [3.8, 4) is 17.2 Å². The summed E-state index contributed by atoms with van der Waals surface area (Å²) in [6.45, 7) is 7.64. The Labute approximate surface area is 155 Å². The van der Waals surface area contributed by atoms with Crippen LogP contribution in [0.2, 0.25) is 0 Å². The van der Waals surface area contributed by atoms with Crippen molar-refractivity contribution in [3.63, 3.8) is 0 Å². The minimum atomic E-state index is -0.616. The predicted molar refractivity (Wildman–Crippen MR) is 102 cm³/mol. The maximum absolute atomic E-state index is 12.5. The van der Waals surface area contributed by atoms with Gasteiger partial charge in [0.15, 0.2) is 6.10 Å². The Balaban J connectivity index is 2.08. The molecule has 5 nitrogen and oxygen atoms in total. The standard InChI is InChI=1S/C21H27NO4/c1-13-9-14(2)11-18(10-13)26-16(4)21(23)22-15(3)19-12-17(24-5)7-8-20(19)25-6/h7-12,15-16H,1-6H3,(H,22,23)/t15-,16+/m1/s1. The van der Waals surface area contributed by atoms with E-state index in [1.54, 1.807) is 21.1 Å². The van der Waals surface area contributed by atoms with Crippen LogP contribution in [-0.2, 0) is 4.79 Å². The summed E-state index contributed by atoms with van der Waals surface area (Å²) in [7, 11) is 3.21. The van der Waals surface area contributed by atoms with E-state index >= 15 is 0 Å². The number of rotatable bonds is 7. The Morgan fingerprint density at radius 2 is 1.58 bits per heavy atom. The summed E-state index contributed by atoms with van der Waals surface area (Å²) in [5.74, 6) is 1.90. The summed E-state index contributed by atoms with van der Waals surface area (Å²) in [6, 6.07) is 11.2. The summed E-state index contributed by atoms with van der Waals surface area (Å²) in [4.78, 5) is 12.5. The molecule has 0 saturated heterocycles. The molecule has 1 N–H and O–H groups in total. The summed E-state index contributed by atoms with van der Waals surface area (Å²) in [6.07, 6.45) is -0.616. The molecule has 1 amide bonds. The van der Waals surface area contributed by atoms with Gasteiger partial charge in [0.25, 0.3) is 5.91 Å². The van der Waals surface area contributed by atoms with Crippen LogP contribution in [0.1, 0.15) is 36.6 Å². The molecule has 140 valence electrons. The third-order valence-corrected chi connectivity index (χ3v) is 4.14. The van der Waals surface area contributed by atoms with Crippen molar-refractivity contribution in [2.45, 2.75) is 39.8 Å². The molecule has 0 bridgehead atoms. The highest BCUT2D eigenvalue weighted by Gasteiger charge is 2.20. The fourth-order valence-corrected chi connectivity index (χ4v) is 2.84. The Hall–Kier alpha value is -2.69. The lowest BCUT2D eigenvalue weighted by molar-refractivity contribution is -0.127. The van der Waals surface area contributed by atoms with Gasteiger partial charge in [0, 0.05) is 5.56 Å². The van der Waals surface area contributed by atoms with E-state index in [4.69, 9.17) is 14.2 Å². The van der Waals surface area contributed by atoms with E-state index in [9.17, 15) is 4.79 Å². The molecule has 0 aliphatic rings. The van der Waals surface area contributed by atoms with E-state index in [1.807, 2.05) is 51.1 Å². The molecule has 0 aliphatic carbocycles. The van der Waals surface area contributed by atoms with Crippen LogP contribution < -0.4 is 19.5 Å². The van der Waals surface area contributed by atoms with Crippen molar-refractivity contribution >= 4 is 5.91 Å². The van der Waals surface area contributed by atoms with Crippen LogP contribution in [0.15, 0.2) is 36.4 Å². The molecular formula is C21H27NO4. The van der Waals surface area contributed by atoms with E-state index in [-0.39, 0.29) is 11.9 Å².